The lowest BCUT2D eigenvalue weighted by atomic mass is 10.2. The van der Waals surface area contributed by atoms with Gasteiger partial charge in [0.2, 0.25) is 0 Å². The van der Waals surface area contributed by atoms with Crippen molar-refractivity contribution in [3.63, 3.8) is 0 Å². The quantitative estimate of drug-likeness (QED) is 0.696. The summed E-state index contributed by atoms with van der Waals surface area (Å²) in [7, 11) is 1.55. The summed E-state index contributed by atoms with van der Waals surface area (Å²) >= 11 is 6.12. The van der Waals surface area contributed by atoms with Crippen molar-refractivity contribution < 1.29 is 9.53 Å². The summed E-state index contributed by atoms with van der Waals surface area (Å²) in [5, 5.41) is 6.37. The van der Waals surface area contributed by atoms with Crippen molar-refractivity contribution in [2.24, 2.45) is 0 Å². The Labute approximate surface area is 156 Å². The molecule has 2 N–H and O–H groups in total. The molecule has 3 rings (SSSR count). The van der Waals surface area contributed by atoms with Gasteiger partial charge in [-0.05, 0) is 37.3 Å². The zero-order valence-corrected chi connectivity index (χ0v) is 15.0. The van der Waals surface area contributed by atoms with Crippen LogP contribution in [-0.2, 0) is 0 Å². The maximum atomic E-state index is 12.4. The van der Waals surface area contributed by atoms with Crippen LogP contribution in [0.1, 0.15) is 16.1 Å². The first-order valence-electron chi connectivity index (χ1n) is 7.86. The highest BCUT2D eigenvalue weighted by Gasteiger charge is 2.10. The van der Waals surface area contributed by atoms with Crippen LogP contribution in [0.3, 0.4) is 0 Å². The third kappa shape index (κ3) is 4.29. The minimum Gasteiger partial charge on any atom is -0.495 e. The van der Waals surface area contributed by atoms with Crippen LogP contribution >= 0.6 is 11.6 Å². The van der Waals surface area contributed by atoms with Crippen LogP contribution in [-0.4, -0.2) is 23.0 Å². The summed E-state index contributed by atoms with van der Waals surface area (Å²) in [5.41, 5.74) is 2.80. The summed E-state index contributed by atoms with van der Waals surface area (Å²) in [4.78, 5) is 20.5. The van der Waals surface area contributed by atoms with Crippen molar-refractivity contribution in [1.29, 1.82) is 0 Å². The molecule has 0 spiro atoms. The van der Waals surface area contributed by atoms with Gasteiger partial charge in [0, 0.05) is 17.4 Å². The molecule has 0 saturated carbocycles. The molecule has 1 amide bonds. The number of amides is 1. The van der Waals surface area contributed by atoms with E-state index >= 15 is 0 Å². The lowest BCUT2D eigenvalue weighted by Gasteiger charge is -2.09. The second-order valence-electron chi connectivity index (χ2n) is 5.58. The first-order chi connectivity index (χ1) is 12.5. The van der Waals surface area contributed by atoms with Crippen LogP contribution in [0.25, 0.3) is 0 Å². The molecule has 0 atom stereocenters. The minimum absolute atomic E-state index is 0.252. The molecule has 6 nitrogen and oxygen atoms in total. The fourth-order valence-electron chi connectivity index (χ4n) is 2.27. The Balaban J connectivity index is 1.74. The molecule has 0 aliphatic rings. The number of nitrogens with one attached hydrogen (secondary N) is 2. The fraction of sp³-hybridized carbons (Fsp3) is 0.105. The third-order valence-corrected chi connectivity index (χ3v) is 3.93. The number of ether oxygens (including phenoxy) is 1. The average molecular weight is 369 g/mol. The molecule has 0 aliphatic heterocycles. The Hall–Kier alpha value is -3.12. The molecule has 2 aromatic carbocycles. The first-order valence-corrected chi connectivity index (χ1v) is 8.23. The number of carbonyl (C=O) groups is 1. The Morgan fingerprint density at radius 2 is 1.77 bits per heavy atom. The number of hydrogen-bond acceptors (Lipinski definition) is 5. The molecule has 1 heterocycles. The monoisotopic (exact) mass is 368 g/mol. The summed E-state index contributed by atoms with van der Waals surface area (Å²) in [6.07, 6.45) is 1.33. The van der Waals surface area contributed by atoms with E-state index in [-0.39, 0.29) is 11.6 Å². The van der Waals surface area contributed by atoms with Gasteiger partial charge >= 0.3 is 0 Å². The molecular weight excluding hydrogens is 352 g/mol. The van der Waals surface area contributed by atoms with E-state index in [4.69, 9.17) is 16.3 Å². The van der Waals surface area contributed by atoms with Gasteiger partial charge in [-0.15, -0.1) is 0 Å². The maximum absolute atomic E-state index is 12.4. The number of carbonyl (C=O) groups excluding carboxylic acids is 1. The van der Waals surface area contributed by atoms with Gasteiger partial charge in [0.15, 0.2) is 0 Å². The molecule has 0 aliphatic carbocycles. The number of methoxy groups -OCH3 is 1. The van der Waals surface area contributed by atoms with E-state index < -0.39 is 0 Å². The molecule has 132 valence electrons. The number of anilines is 3. The highest BCUT2D eigenvalue weighted by atomic mass is 35.5. The molecule has 0 saturated heterocycles. The zero-order valence-electron chi connectivity index (χ0n) is 14.3. The molecule has 26 heavy (non-hydrogen) atoms. The second kappa shape index (κ2) is 7.84. The normalized spacial score (nSPS) is 10.3. The van der Waals surface area contributed by atoms with Crippen molar-refractivity contribution in [2.45, 2.75) is 6.92 Å². The maximum Gasteiger partial charge on any atom is 0.274 e. The number of nitrogens with zero attached hydrogens (tertiary/aromatic N) is 2. The van der Waals surface area contributed by atoms with Gasteiger partial charge in [0.1, 0.15) is 23.6 Å². The molecule has 0 unspecified atom stereocenters. The van der Waals surface area contributed by atoms with E-state index in [1.807, 2.05) is 31.2 Å². The largest absolute Gasteiger partial charge is 0.495 e. The van der Waals surface area contributed by atoms with Crippen LogP contribution < -0.4 is 15.4 Å². The van der Waals surface area contributed by atoms with Crippen molar-refractivity contribution >= 4 is 34.7 Å². The van der Waals surface area contributed by atoms with Gasteiger partial charge in [-0.3, -0.25) is 4.79 Å². The Morgan fingerprint density at radius 3 is 2.46 bits per heavy atom. The van der Waals surface area contributed by atoms with E-state index in [0.717, 1.165) is 11.3 Å². The van der Waals surface area contributed by atoms with Crippen molar-refractivity contribution in [2.75, 3.05) is 17.7 Å². The molecule has 0 fully saturated rings. The van der Waals surface area contributed by atoms with E-state index in [1.165, 1.54) is 6.33 Å². The summed E-state index contributed by atoms with van der Waals surface area (Å²) in [6, 6.07) is 14.4. The van der Waals surface area contributed by atoms with Gasteiger partial charge < -0.3 is 15.4 Å². The van der Waals surface area contributed by atoms with Crippen LogP contribution in [0.4, 0.5) is 17.2 Å². The molecule has 7 heteroatoms. The van der Waals surface area contributed by atoms with Gasteiger partial charge in [0.25, 0.3) is 5.91 Å². The molecule has 1 aromatic heterocycles. The second-order valence-corrected chi connectivity index (χ2v) is 5.99. The zero-order chi connectivity index (χ0) is 18.5. The van der Waals surface area contributed by atoms with Gasteiger partial charge in [-0.25, -0.2) is 9.97 Å². The molecular formula is C19H17ClN4O2. The summed E-state index contributed by atoms with van der Waals surface area (Å²) in [6.45, 7) is 1.99. The Morgan fingerprint density at radius 1 is 1.04 bits per heavy atom. The Bertz CT molecular complexity index is 929. The molecule has 0 radical (unpaired) electrons. The van der Waals surface area contributed by atoms with Gasteiger partial charge in [0.05, 0.1) is 12.1 Å². The van der Waals surface area contributed by atoms with Crippen LogP contribution in [0, 0.1) is 6.92 Å². The van der Waals surface area contributed by atoms with E-state index in [1.54, 1.807) is 31.4 Å². The summed E-state index contributed by atoms with van der Waals surface area (Å²) in [5.74, 6) is 0.750. The number of benzene rings is 2. The van der Waals surface area contributed by atoms with Crippen LogP contribution in [0.2, 0.25) is 5.02 Å². The standard InChI is InChI=1S/C19H17ClN4O2/c1-12-3-5-13(6-4-12)24-19(25)16-10-18(22-11-21-16)23-14-7-8-17(26-2)15(20)9-14/h3-11H,1-2H3,(H,24,25)(H,21,22,23). The molecule has 3 aromatic rings. The van der Waals surface area contributed by atoms with E-state index in [0.29, 0.717) is 22.3 Å². The first kappa shape index (κ1) is 17.7. The average Bonchev–Trinajstić information content (AvgIpc) is 2.64. The number of rotatable bonds is 5. The minimum atomic E-state index is -0.313. The molecule has 0 bridgehead atoms. The SMILES string of the molecule is COc1ccc(Nc2cc(C(=O)Nc3ccc(C)cc3)ncn2)cc1Cl. The van der Waals surface area contributed by atoms with Crippen molar-refractivity contribution in [3.05, 3.63) is 71.1 Å². The van der Waals surface area contributed by atoms with Crippen molar-refractivity contribution in [1.82, 2.24) is 9.97 Å². The lowest BCUT2D eigenvalue weighted by Crippen LogP contribution is -2.14. The Kier molecular flexibility index (Phi) is 5.34. The topological polar surface area (TPSA) is 76.1 Å². The number of aromatic nitrogens is 2. The van der Waals surface area contributed by atoms with Crippen molar-refractivity contribution in [3.8, 4) is 5.75 Å². The van der Waals surface area contributed by atoms with Crippen LogP contribution in [0.15, 0.2) is 54.9 Å². The predicted molar refractivity (Wildman–Crippen MR) is 102 cm³/mol. The van der Waals surface area contributed by atoms with Gasteiger partial charge in [-0.2, -0.15) is 0 Å². The van der Waals surface area contributed by atoms with E-state index in [9.17, 15) is 4.79 Å². The smallest absolute Gasteiger partial charge is 0.274 e. The number of hydrogen-bond donors (Lipinski definition) is 2. The lowest BCUT2D eigenvalue weighted by molar-refractivity contribution is 0.102. The fourth-order valence-corrected chi connectivity index (χ4v) is 2.53. The number of halogens is 1. The highest BCUT2D eigenvalue weighted by Crippen LogP contribution is 2.28. The van der Waals surface area contributed by atoms with E-state index in [2.05, 4.69) is 20.6 Å². The van der Waals surface area contributed by atoms with Crippen LogP contribution in [0.5, 0.6) is 5.75 Å². The van der Waals surface area contributed by atoms with Gasteiger partial charge in [-0.1, -0.05) is 29.3 Å². The summed E-state index contributed by atoms with van der Waals surface area (Å²) < 4.78 is 5.13. The predicted octanol–water partition coefficient (Wildman–Crippen LogP) is 4.44. The number of aryl methyl sites for hydroxylation is 1. The highest BCUT2D eigenvalue weighted by molar-refractivity contribution is 6.32. The third-order valence-electron chi connectivity index (χ3n) is 3.63.